The third-order valence-corrected chi connectivity index (χ3v) is 2.99. The average Bonchev–Trinajstić information content (AvgIpc) is 2.97. The summed E-state index contributed by atoms with van der Waals surface area (Å²) in [5.74, 6) is -0.338. The number of benzene rings is 1. The summed E-state index contributed by atoms with van der Waals surface area (Å²) in [6, 6.07) is 5.33. The van der Waals surface area contributed by atoms with Crippen molar-refractivity contribution in [3.05, 3.63) is 35.1 Å². The second-order valence-electron chi connectivity index (χ2n) is 4.26. The Kier molecular flexibility index (Phi) is 2.33. The first-order valence-electron chi connectivity index (χ1n) is 5.62. The second kappa shape index (κ2) is 3.87. The number of rotatable bonds is 2. The van der Waals surface area contributed by atoms with E-state index in [2.05, 4.69) is 5.16 Å². The summed E-state index contributed by atoms with van der Waals surface area (Å²) in [6.07, 6.45) is 0.869. The number of carboxylic acids is 1. The van der Waals surface area contributed by atoms with Crippen molar-refractivity contribution < 1.29 is 19.2 Å². The molecule has 1 aliphatic heterocycles. The SMILES string of the molecule is Cc1cc(-c2cc(C(=O)O)on2)cc2c1OCC2. The Morgan fingerprint density at radius 1 is 1.39 bits per heavy atom. The second-order valence-corrected chi connectivity index (χ2v) is 4.26. The first kappa shape index (κ1) is 10.8. The molecule has 0 aliphatic carbocycles. The molecule has 0 radical (unpaired) electrons. The lowest BCUT2D eigenvalue weighted by atomic mass is 10.0. The van der Waals surface area contributed by atoms with Gasteiger partial charge < -0.3 is 14.4 Å². The van der Waals surface area contributed by atoms with Gasteiger partial charge >= 0.3 is 5.97 Å². The minimum Gasteiger partial charge on any atom is -0.493 e. The van der Waals surface area contributed by atoms with E-state index in [1.807, 2.05) is 19.1 Å². The zero-order valence-corrected chi connectivity index (χ0v) is 9.77. The monoisotopic (exact) mass is 245 g/mol. The van der Waals surface area contributed by atoms with Crippen LogP contribution in [0.4, 0.5) is 0 Å². The number of aryl methyl sites for hydroxylation is 1. The quantitative estimate of drug-likeness (QED) is 0.878. The van der Waals surface area contributed by atoms with E-state index in [0.29, 0.717) is 12.3 Å². The molecule has 1 N–H and O–H groups in total. The number of nitrogens with zero attached hydrogens (tertiary/aromatic N) is 1. The van der Waals surface area contributed by atoms with Crippen LogP contribution < -0.4 is 4.74 Å². The predicted octanol–water partition coefficient (Wildman–Crippen LogP) is 2.28. The Balaban J connectivity index is 2.06. The standard InChI is InChI=1S/C13H11NO4/c1-7-4-9(5-8-2-3-17-12(7)8)10-6-11(13(15)16)18-14-10/h4-6H,2-3H2,1H3,(H,15,16). The van der Waals surface area contributed by atoms with Crippen LogP contribution in [0.3, 0.4) is 0 Å². The van der Waals surface area contributed by atoms with E-state index in [4.69, 9.17) is 14.4 Å². The molecule has 1 aromatic carbocycles. The summed E-state index contributed by atoms with van der Waals surface area (Å²) < 4.78 is 10.3. The van der Waals surface area contributed by atoms with Crippen LogP contribution in [0.2, 0.25) is 0 Å². The van der Waals surface area contributed by atoms with Gasteiger partial charge in [-0.15, -0.1) is 0 Å². The highest BCUT2D eigenvalue weighted by Gasteiger charge is 2.18. The summed E-state index contributed by atoms with van der Waals surface area (Å²) in [5, 5.41) is 12.6. The fourth-order valence-corrected chi connectivity index (χ4v) is 2.16. The zero-order chi connectivity index (χ0) is 12.7. The first-order valence-corrected chi connectivity index (χ1v) is 5.62. The molecule has 5 nitrogen and oxygen atoms in total. The number of carboxylic acid groups (broad SMARTS) is 1. The molecule has 0 spiro atoms. The normalized spacial score (nSPS) is 13.2. The highest BCUT2D eigenvalue weighted by Crippen LogP contribution is 2.33. The van der Waals surface area contributed by atoms with Crippen molar-refractivity contribution in [1.29, 1.82) is 0 Å². The largest absolute Gasteiger partial charge is 0.493 e. The van der Waals surface area contributed by atoms with Crippen LogP contribution in [0.15, 0.2) is 22.7 Å². The van der Waals surface area contributed by atoms with Crippen molar-refractivity contribution in [3.8, 4) is 17.0 Å². The number of hydrogen-bond acceptors (Lipinski definition) is 4. The van der Waals surface area contributed by atoms with Gasteiger partial charge in [-0.1, -0.05) is 5.16 Å². The molecule has 0 amide bonds. The fourth-order valence-electron chi connectivity index (χ4n) is 2.16. The van der Waals surface area contributed by atoms with Gasteiger partial charge in [0.2, 0.25) is 5.76 Å². The van der Waals surface area contributed by atoms with Crippen LogP contribution in [-0.4, -0.2) is 22.8 Å². The maximum atomic E-state index is 10.7. The molecule has 3 rings (SSSR count). The van der Waals surface area contributed by atoms with Crippen LogP contribution in [0.5, 0.6) is 5.75 Å². The van der Waals surface area contributed by atoms with Crippen molar-refractivity contribution >= 4 is 5.97 Å². The third-order valence-electron chi connectivity index (χ3n) is 2.99. The van der Waals surface area contributed by atoms with Crippen LogP contribution >= 0.6 is 0 Å². The zero-order valence-electron chi connectivity index (χ0n) is 9.77. The van der Waals surface area contributed by atoms with Crippen LogP contribution in [-0.2, 0) is 6.42 Å². The highest BCUT2D eigenvalue weighted by molar-refractivity contribution is 5.85. The maximum Gasteiger partial charge on any atom is 0.374 e. The summed E-state index contributed by atoms with van der Waals surface area (Å²) in [5.41, 5.74) is 3.54. The summed E-state index contributed by atoms with van der Waals surface area (Å²) in [4.78, 5) is 10.7. The number of hydrogen-bond donors (Lipinski definition) is 1. The molecule has 2 heterocycles. The Bertz CT molecular complexity index is 630. The predicted molar refractivity (Wildman–Crippen MR) is 62.8 cm³/mol. The van der Waals surface area contributed by atoms with Gasteiger partial charge in [-0.2, -0.15) is 0 Å². The summed E-state index contributed by atoms with van der Waals surface area (Å²) in [6.45, 7) is 2.66. The summed E-state index contributed by atoms with van der Waals surface area (Å²) in [7, 11) is 0. The Labute approximate surface area is 103 Å². The van der Waals surface area contributed by atoms with Gasteiger partial charge in [-0.25, -0.2) is 4.79 Å². The number of carbonyl (C=O) groups is 1. The van der Waals surface area contributed by atoms with Crippen molar-refractivity contribution in [2.75, 3.05) is 6.61 Å². The van der Waals surface area contributed by atoms with E-state index in [1.165, 1.54) is 6.07 Å². The fraction of sp³-hybridized carbons (Fsp3) is 0.231. The number of aromatic nitrogens is 1. The van der Waals surface area contributed by atoms with Gasteiger partial charge in [0.1, 0.15) is 11.4 Å². The molecular formula is C13H11NO4. The van der Waals surface area contributed by atoms with E-state index in [9.17, 15) is 4.79 Å². The molecule has 1 aliphatic rings. The molecule has 0 unspecified atom stereocenters. The minimum absolute atomic E-state index is 0.153. The van der Waals surface area contributed by atoms with Crippen LogP contribution in [0, 0.1) is 6.92 Å². The molecule has 0 saturated heterocycles. The van der Waals surface area contributed by atoms with Gasteiger partial charge in [0.15, 0.2) is 0 Å². The molecule has 0 fully saturated rings. The van der Waals surface area contributed by atoms with E-state index >= 15 is 0 Å². The maximum absolute atomic E-state index is 10.7. The average molecular weight is 245 g/mol. The lowest BCUT2D eigenvalue weighted by molar-refractivity contribution is 0.0652. The van der Waals surface area contributed by atoms with Crippen molar-refractivity contribution in [2.45, 2.75) is 13.3 Å². The Morgan fingerprint density at radius 2 is 2.22 bits per heavy atom. The minimum atomic E-state index is -1.12. The number of fused-ring (bicyclic) bond motifs is 1. The molecular weight excluding hydrogens is 234 g/mol. The molecule has 92 valence electrons. The third kappa shape index (κ3) is 1.64. The van der Waals surface area contributed by atoms with Gasteiger partial charge in [-0.3, -0.25) is 0 Å². The smallest absolute Gasteiger partial charge is 0.374 e. The number of ether oxygens (including phenoxy) is 1. The summed E-state index contributed by atoms with van der Waals surface area (Å²) >= 11 is 0. The van der Waals surface area contributed by atoms with E-state index < -0.39 is 5.97 Å². The van der Waals surface area contributed by atoms with Crippen molar-refractivity contribution in [1.82, 2.24) is 5.16 Å². The Hall–Kier alpha value is -2.30. The lowest BCUT2D eigenvalue weighted by Gasteiger charge is -2.05. The molecule has 18 heavy (non-hydrogen) atoms. The topological polar surface area (TPSA) is 72.6 Å². The number of aromatic carboxylic acids is 1. The van der Waals surface area contributed by atoms with Crippen molar-refractivity contribution in [3.63, 3.8) is 0 Å². The molecule has 1 aromatic heterocycles. The molecule has 0 saturated carbocycles. The van der Waals surface area contributed by atoms with E-state index in [1.54, 1.807) is 0 Å². The van der Waals surface area contributed by atoms with Gasteiger partial charge in [0.25, 0.3) is 0 Å². The van der Waals surface area contributed by atoms with Crippen molar-refractivity contribution in [2.24, 2.45) is 0 Å². The van der Waals surface area contributed by atoms with Gasteiger partial charge in [0, 0.05) is 18.1 Å². The van der Waals surface area contributed by atoms with E-state index in [-0.39, 0.29) is 5.76 Å². The van der Waals surface area contributed by atoms with Crippen LogP contribution in [0.1, 0.15) is 21.7 Å². The van der Waals surface area contributed by atoms with Gasteiger partial charge in [-0.05, 0) is 30.2 Å². The van der Waals surface area contributed by atoms with Gasteiger partial charge in [0.05, 0.1) is 6.61 Å². The lowest BCUT2D eigenvalue weighted by Crippen LogP contribution is -1.91. The molecule has 2 aromatic rings. The first-order chi connectivity index (χ1) is 8.65. The van der Waals surface area contributed by atoms with Crippen LogP contribution in [0.25, 0.3) is 11.3 Å². The van der Waals surface area contributed by atoms with E-state index in [0.717, 1.165) is 28.9 Å². The molecule has 5 heteroatoms. The molecule has 0 bridgehead atoms. The Morgan fingerprint density at radius 3 is 2.94 bits per heavy atom. The molecule has 0 atom stereocenters. The highest BCUT2D eigenvalue weighted by atomic mass is 16.5.